The highest BCUT2D eigenvalue weighted by molar-refractivity contribution is 6.02. The number of hydrogen-bond acceptors (Lipinski definition) is 2. The number of hydrogen-bond donors (Lipinski definition) is 0. The topological polar surface area (TPSA) is 32.7 Å². The lowest BCUT2D eigenvalue weighted by Gasteiger charge is -2.15. The Kier molecular flexibility index (Phi) is 2.48. The zero-order chi connectivity index (χ0) is 9.97. The molecule has 2 rings (SSSR count). The largest absolute Gasteiger partial charge is 0.273 e. The molecule has 74 valence electrons. The SMILES string of the molecule is C=C1CC=CCC1=NN1CCCC1=O. The monoisotopic (exact) mass is 190 g/mol. The third kappa shape index (κ3) is 1.76. The van der Waals surface area contributed by atoms with Gasteiger partial charge in [-0.15, -0.1) is 0 Å². The van der Waals surface area contributed by atoms with Gasteiger partial charge in [-0.05, 0) is 18.4 Å². The Morgan fingerprint density at radius 1 is 1.36 bits per heavy atom. The van der Waals surface area contributed by atoms with E-state index in [0.29, 0.717) is 6.42 Å². The van der Waals surface area contributed by atoms with Crippen LogP contribution in [0, 0.1) is 0 Å². The van der Waals surface area contributed by atoms with Gasteiger partial charge in [0.1, 0.15) is 0 Å². The van der Waals surface area contributed by atoms with Crippen molar-refractivity contribution >= 4 is 11.6 Å². The van der Waals surface area contributed by atoms with E-state index in [-0.39, 0.29) is 5.91 Å². The molecule has 14 heavy (non-hydrogen) atoms. The average molecular weight is 190 g/mol. The number of carbonyl (C=O) groups excluding carboxylic acids is 1. The molecule has 0 bridgehead atoms. The van der Waals surface area contributed by atoms with E-state index in [9.17, 15) is 4.79 Å². The van der Waals surface area contributed by atoms with Gasteiger partial charge < -0.3 is 0 Å². The maximum Gasteiger partial charge on any atom is 0.242 e. The average Bonchev–Trinajstić information content (AvgIpc) is 2.56. The van der Waals surface area contributed by atoms with Crippen LogP contribution >= 0.6 is 0 Å². The molecule has 0 atom stereocenters. The standard InChI is InChI=1S/C11H14N2O/c1-9-5-2-3-6-10(9)12-13-8-4-7-11(13)14/h2-3H,1,4-8H2. The summed E-state index contributed by atoms with van der Waals surface area (Å²) >= 11 is 0. The first-order valence-corrected chi connectivity index (χ1v) is 4.98. The maximum atomic E-state index is 11.3. The van der Waals surface area contributed by atoms with Crippen molar-refractivity contribution < 1.29 is 4.79 Å². The molecule has 1 heterocycles. The molecule has 1 aliphatic heterocycles. The van der Waals surface area contributed by atoms with Gasteiger partial charge in [-0.1, -0.05) is 18.7 Å². The quantitative estimate of drug-likeness (QED) is 0.581. The number of nitrogens with zero attached hydrogens (tertiary/aromatic N) is 2. The molecule has 0 unspecified atom stereocenters. The van der Waals surface area contributed by atoms with Crippen LogP contribution in [-0.2, 0) is 4.79 Å². The van der Waals surface area contributed by atoms with Crippen molar-refractivity contribution in [2.45, 2.75) is 25.7 Å². The second-order valence-corrected chi connectivity index (χ2v) is 3.65. The summed E-state index contributed by atoms with van der Waals surface area (Å²) in [6, 6.07) is 0. The highest BCUT2D eigenvalue weighted by Gasteiger charge is 2.20. The molecule has 2 aliphatic rings. The first-order valence-electron chi connectivity index (χ1n) is 4.98. The fourth-order valence-corrected chi connectivity index (χ4v) is 1.68. The molecule has 1 amide bonds. The lowest BCUT2D eigenvalue weighted by Crippen LogP contribution is -2.21. The number of rotatable bonds is 1. The van der Waals surface area contributed by atoms with Gasteiger partial charge in [0.2, 0.25) is 5.91 Å². The predicted octanol–water partition coefficient (Wildman–Crippen LogP) is 1.87. The van der Waals surface area contributed by atoms with Crippen LogP contribution in [0.4, 0.5) is 0 Å². The van der Waals surface area contributed by atoms with Gasteiger partial charge in [0, 0.05) is 19.4 Å². The van der Waals surface area contributed by atoms with E-state index in [0.717, 1.165) is 37.1 Å². The Morgan fingerprint density at radius 2 is 2.14 bits per heavy atom. The molecule has 0 saturated carbocycles. The van der Waals surface area contributed by atoms with Gasteiger partial charge in [-0.2, -0.15) is 5.10 Å². The Hall–Kier alpha value is -1.38. The van der Waals surface area contributed by atoms with Crippen molar-refractivity contribution in [3.05, 3.63) is 24.3 Å². The van der Waals surface area contributed by atoms with Crippen molar-refractivity contribution in [2.75, 3.05) is 6.54 Å². The van der Waals surface area contributed by atoms with Crippen LogP contribution < -0.4 is 0 Å². The molecule has 0 aromatic rings. The fraction of sp³-hybridized carbons (Fsp3) is 0.455. The smallest absolute Gasteiger partial charge is 0.242 e. The lowest BCUT2D eigenvalue weighted by atomic mass is 10.0. The fourth-order valence-electron chi connectivity index (χ4n) is 1.68. The van der Waals surface area contributed by atoms with Crippen LogP contribution in [0.5, 0.6) is 0 Å². The Balaban J connectivity index is 2.13. The second kappa shape index (κ2) is 3.78. The lowest BCUT2D eigenvalue weighted by molar-refractivity contribution is -0.127. The maximum absolute atomic E-state index is 11.3. The summed E-state index contributed by atoms with van der Waals surface area (Å²) in [5, 5.41) is 5.93. The summed E-state index contributed by atoms with van der Waals surface area (Å²) in [5.74, 6) is 0.139. The van der Waals surface area contributed by atoms with Crippen LogP contribution in [0.25, 0.3) is 0 Å². The minimum absolute atomic E-state index is 0.139. The van der Waals surface area contributed by atoms with Gasteiger partial charge >= 0.3 is 0 Å². The van der Waals surface area contributed by atoms with Crippen molar-refractivity contribution in [1.29, 1.82) is 0 Å². The number of amides is 1. The summed E-state index contributed by atoms with van der Waals surface area (Å²) in [6.07, 6.45) is 7.40. The molecule has 1 fully saturated rings. The summed E-state index contributed by atoms with van der Waals surface area (Å²) < 4.78 is 0. The minimum atomic E-state index is 0.139. The molecule has 1 aliphatic carbocycles. The van der Waals surface area contributed by atoms with Gasteiger partial charge in [-0.25, -0.2) is 5.01 Å². The molecule has 0 N–H and O–H groups in total. The van der Waals surface area contributed by atoms with E-state index < -0.39 is 0 Å². The first-order chi connectivity index (χ1) is 6.77. The minimum Gasteiger partial charge on any atom is -0.273 e. The zero-order valence-electron chi connectivity index (χ0n) is 8.20. The molecule has 0 aromatic heterocycles. The van der Waals surface area contributed by atoms with E-state index in [2.05, 4.69) is 23.8 Å². The summed E-state index contributed by atoms with van der Waals surface area (Å²) in [7, 11) is 0. The van der Waals surface area contributed by atoms with E-state index in [1.165, 1.54) is 0 Å². The Morgan fingerprint density at radius 3 is 2.79 bits per heavy atom. The molecule has 3 heteroatoms. The highest BCUT2D eigenvalue weighted by Crippen LogP contribution is 2.16. The number of hydrazone groups is 1. The van der Waals surface area contributed by atoms with E-state index >= 15 is 0 Å². The molecule has 0 spiro atoms. The normalized spacial score (nSPS) is 25.1. The summed E-state index contributed by atoms with van der Waals surface area (Å²) in [5.41, 5.74) is 2.00. The first kappa shape index (κ1) is 9.19. The molecule has 3 nitrogen and oxygen atoms in total. The van der Waals surface area contributed by atoms with Crippen molar-refractivity contribution in [3.63, 3.8) is 0 Å². The van der Waals surface area contributed by atoms with Crippen LogP contribution in [0.1, 0.15) is 25.7 Å². The van der Waals surface area contributed by atoms with E-state index in [1.807, 2.05) is 0 Å². The number of carbonyl (C=O) groups is 1. The van der Waals surface area contributed by atoms with Crippen molar-refractivity contribution in [1.82, 2.24) is 5.01 Å². The number of allylic oxidation sites excluding steroid dienone is 3. The van der Waals surface area contributed by atoms with Gasteiger partial charge in [0.15, 0.2) is 0 Å². The van der Waals surface area contributed by atoms with Crippen LogP contribution in [0.3, 0.4) is 0 Å². The van der Waals surface area contributed by atoms with Crippen molar-refractivity contribution in [3.8, 4) is 0 Å². The van der Waals surface area contributed by atoms with Crippen LogP contribution in [0.2, 0.25) is 0 Å². The molecule has 0 aromatic carbocycles. The predicted molar refractivity (Wildman–Crippen MR) is 55.9 cm³/mol. The third-order valence-corrected chi connectivity index (χ3v) is 2.54. The highest BCUT2D eigenvalue weighted by atomic mass is 16.2. The van der Waals surface area contributed by atoms with Gasteiger partial charge in [0.25, 0.3) is 0 Å². The van der Waals surface area contributed by atoms with Crippen LogP contribution in [0.15, 0.2) is 29.4 Å². The van der Waals surface area contributed by atoms with E-state index in [4.69, 9.17) is 0 Å². The zero-order valence-corrected chi connectivity index (χ0v) is 8.20. The Bertz CT molecular complexity index is 328. The molecule has 0 radical (unpaired) electrons. The summed E-state index contributed by atoms with van der Waals surface area (Å²) in [6.45, 7) is 4.71. The molecular weight excluding hydrogens is 176 g/mol. The molecular formula is C11H14N2O. The Labute approximate surface area is 83.8 Å². The van der Waals surface area contributed by atoms with Crippen molar-refractivity contribution in [2.24, 2.45) is 5.10 Å². The van der Waals surface area contributed by atoms with E-state index in [1.54, 1.807) is 5.01 Å². The summed E-state index contributed by atoms with van der Waals surface area (Å²) in [4.78, 5) is 11.3. The van der Waals surface area contributed by atoms with Gasteiger partial charge in [-0.3, -0.25) is 4.79 Å². The van der Waals surface area contributed by atoms with Gasteiger partial charge in [0.05, 0.1) is 5.71 Å². The second-order valence-electron chi connectivity index (χ2n) is 3.65. The molecule has 1 saturated heterocycles. The third-order valence-electron chi connectivity index (χ3n) is 2.54. The van der Waals surface area contributed by atoms with Crippen LogP contribution in [-0.4, -0.2) is 23.2 Å².